The molecule has 0 amide bonds. The van der Waals surface area contributed by atoms with Crippen molar-refractivity contribution < 1.29 is 0 Å². The van der Waals surface area contributed by atoms with Crippen LogP contribution in [0.5, 0.6) is 0 Å². The topological polar surface area (TPSA) is 26.0 Å². The highest BCUT2D eigenvalue weighted by Gasteiger charge is 2.38. The Hall–Kier alpha value is 0.250. The monoisotopic (exact) mass is 231 g/mol. The second-order valence-corrected chi connectivity index (χ2v) is 5.46. The van der Waals surface area contributed by atoms with Crippen LogP contribution in [0.2, 0.25) is 0 Å². The lowest BCUT2D eigenvalue weighted by atomic mass is 9.62. The van der Waals surface area contributed by atoms with Gasteiger partial charge in [-0.05, 0) is 43.6 Å². The van der Waals surface area contributed by atoms with Crippen molar-refractivity contribution in [2.24, 2.45) is 17.1 Å². The maximum atomic E-state index is 6.07. The molecule has 2 aliphatic rings. The first-order valence-corrected chi connectivity index (χ1v) is 6.57. The van der Waals surface area contributed by atoms with Gasteiger partial charge < -0.3 is 5.73 Å². The molecule has 0 bridgehead atoms. The predicted molar refractivity (Wildman–Crippen MR) is 68.4 cm³/mol. The van der Waals surface area contributed by atoms with Crippen molar-refractivity contribution in [2.45, 2.75) is 64.2 Å². The van der Waals surface area contributed by atoms with E-state index < -0.39 is 0 Å². The summed E-state index contributed by atoms with van der Waals surface area (Å²) in [6.45, 7) is 0.956. The normalized spacial score (nSPS) is 27.0. The number of hydrogen-bond donors (Lipinski definition) is 1. The molecule has 1 nitrogen and oxygen atoms in total. The van der Waals surface area contributed by atoms with Crippen LogP contribution >= 0.6 is 12.4 Å². The van der Waals surface area contributed by atoms with E-state index in [0.717, 1.165) is 12.5 Å². The summed E-state index contributed by atoms with van der Waals surface area (Å²) < 4.78 is 0. The van der Waals surface area contributed by atoms with Gasteiger partial charge in [0.05, 0.1) is 0 Å². The van der Waals surface area contributed by atoms with Crippen molar-refractivity contribution in [3.63, 3.8) is 0 Å². The van der Waals surface area contributed by atoms with E-state index in [1.54, 1.807) is 0 Å². The van der Waals surface area contributed by atoms with Gasteiger partial charge in [0.15, 0.2) is 0 Å². The van der Waals surface area contributed by atoms with Gasteiger partial charge in [-0.1, -0.05) is 38.5 Å². The summed E-state index contributed by atoms with van der Waals surface area (Å²) in [4.78, 5) is 0. The molecule has 2 heteroatoms. The first kappa shape index (κ1) is 13.3. The van der Waals surface area contributed by atoms with E-state index in [0.29, 0.717) is 5.41 Å². The summed E-state index contributed by atoms with van der Waals surface area (Å²) in [5, 5.41) is 0. The highest BCUT2D eigenvalue weighted by Crippen LogP contribution is 2.47. The fraction of sp³-hybridized carbons (Fsp3) is 1.00. The maximum absolute atomic E-state index is 6.07. The van der Waals surface area contributed by atoms with Gasteiger partial charge in [0, 0.05) is 0 Å². The molecule has 0 spiro atoms. The summed E-state index contributed by atoms with van der Waals surface area (Å²) in [6, 6.07) is 0. The number of nitrogens with two attached hydrogens (primary N) is 1. The molecule has 0 saturated heterocycles. The van der Waals surface area contributed by atoms with Gasteiger partial charge in [-0.15, -0.1) is 12.4 Å². The van der Waals surface area contributed by atoms with Crippen LogP contribution in [0.1, 0.15) is 64.2 Å². The molecule has 0 radical (unpaired) electrons. The molecule has 90 valence electrons. The van der Waals surface area contributed by atoms with Gasteiger partial charge in [-0.3, -0.25) is 0 Å². The summed E-state index contributed by atoms with van der Waals surface area (Å²) in [5.41, 5.74) is 6.64. The van der Waals surface area contributed by atoms with Crippen molar-refractivity contribution in [1.29, 1.82) is 0 Å². The van der Waals surface area contributed by atoms with E-state index >= 15 is 0 Å². The minimum atomic E-state index is 0. The molecule has 0 aromatic rings. The first-order chi connectivity index (χ1) is 6.87. The Morgan fingerprint density at radius 3 is 1.93 bits per heavy atom. The summed E-state index contributed by atoms with van der Waals surface area (Å²) >= 11 is 0. The van der Waals surface area contributed by atoms with E-state index in [4.69, 9.17) is 5.73 Å². The largest absolute Gasteiger partial charge is 0.330 e. The zero-order valence-corrected chi connectivity index (χ0v) is 10.7. The average molecular weight is 232 g/mol. The Kier molecular flexibility index (Phi) is 5.42. The minimum Gasteiger partial charge on any atom is -0.330 e. The van der Waals surface area contributed by atoms with E-state index in [1.807, 2.05) is 0 Å². The van der Waals surface area contributed by atoms with E-state index in [9.17, 15) is 0 Å². The van der Waals surface area contributed by atoms with Gasteiger partial charge in [-0.2, -0.15) is 0 Å². The van der Waals surface area contributed by atoms with Crippen LogP contribution in [0.25, 0.3) is 0 Å². The predicted octanol–water partition coefficient (Wildman–Crippen LogP) is 3.90. The van der Waals surface area contributed by atoms with Gasteiger partial charge in [0.1, 0.15) is 0 Å². The molecule has 0 aromatic heterocycles. The van der Waals surface area contributed by atoms with Crippen molar-refractivity contribution >= 4 is 12.4 Å². The second-order valence-electron chi connectivity index (χ2n) is 5.46. The highest BCUT2D eigenvalue weighted by atomic mass is 35.5. The van der Waals surface area contributed by atoms with Crippen molar-refractivity contribution in [3.05, 3.63) is 0 Å². The molecule has 2 N–H and O–H groups in total. The average Bonchev–Trinajstić information content (AvgIpc) is 2.31. The zero-order chi connectivity index (χ0) is 9.86. The minimum absolute atomic E-state index is 0. The molecule has 2 rings (SSSR count). The standard InChI is InChI=1S/C13H25N.ClH/c14-11-13(9-5-2-6-10-13)12-7-3-1-4-8-12;/h12H,1-11,14H2;1H. The lowest BCUT2D eigenvalue weighted by molar-refractivity contribution is 0.0762. The molecule has 2 saturated carbocycles. The zero-order valence-electron chi connectivity index (χ0n) is 9.84. The molecule has 2 aliphatic carbocycles. The van der Waals surface area contributed by atoms with E-state index in [1.165, 1.54) is 64.2 Å². The van der Waals surface area contributed by atoms with Gasteiger partial charge in [-0.25, -0.2) is 0 Å². The summed E-state index contributed by atoms with van der Waals surface area (Å²) in [6.07, 6.45) is 14.5. The van der Waals surface area contributed by atoms with Gasteiger partial charge in [0.25, 0.3) is 0 Å². The van der Waals surface area contributed by atoms with Crippen LogP contribution in [-0.2, 0) is 0 Å². The number of halogens is 1. The Labute approximate surface area is 101 Å². The molecule has 0 heterocycles. The molecule has 0 atom stereocenters. The molecule has 0 aromatic carbocycles. The van der Waals surface area contributed by atoms with Crippen molar-refractivity contribution in [3.8, 4) is 0 Å². The molecule has 15 heavy (non-hydrogen) atoms. The highest BCUT2D eigenvalue weighted by molar-refractivity contribution is 5.85. The Morgan fingerprint density at radius 1 is 0.867 bits per heavy atom. The summed E-state index contributed by atoms with van der Waals surface area (Å²) in [5.74, 6) is 0.974. The number of hydrogen-bond acceptors (Lipinski definition) is 1. The van der Waals surface area contributed by atoms with Crippen LogP contribution in [0.3, 0.4) is 0 Å². The smallest absolute Gasteiger partial charge is 0.00179 e. The SMILES string of the molecule is Cl.NCC1(C2CCCCC2)CCCCC1. The second kappa shape index (κ2) is 6.10. The van der Waals surface area contributed by atoms with Crippen LogP contribution in [0.4, 0.5) is 0 Å². The molecule has 0 unspecified atom stereocenters. The van der Waals surface area contributed by atoms with Crippen molar-refractivity contribution in [2.75, 3.05) is 6.54 Å². The fourth-order valence-electron chi connectivity index (χ4n) is 3.75. The lowest BCUT2D eigenvalue weighted by Gasteiger charge is -2.44. The third kappa shape index (κ3) is 2.88. The van der Waals surface area contributed by atoms with Crippen LogP contribution in [0, 0.1) is 11.3 Å². The van der Waals surface area contributed by atoms with Gasteiger partial charge >= 0.3 is 0 Å². The van der Waals surface area contributed by atoms with Crippen LogP contribution in [-0.4, -0.2) is 6.54 Å². The van der Waals surface area contributed by atoms with E-state index in [2.05, 4.69) is 0 Å². The lowest BCUT2D eigenvalue weighted by Crippen LogP contribution is -2.40. The molecule has 2 fully saturated rings. The first-order valence-electron chi connectivity index (χ1n) is 6.57. The maximum Gasteiger partial charge on any atom is -0.00179 e. The van der Waals surface area contributed by atoms with Crippen LogP contribution in [0.15, 0.2) is 0 Å². The summed E-state index contributed by atoms with van der Waals surface area (Å²) in [7, 11) is 0. The molecular formula is C13H26ClN. The molecule has 0 aliphatic heterocycles. The molecular weight excluding hydrogens is 206 g/mol. The van der Waals surface area contributed by atoms with Crippen LogP contribution < -0.4 is 5.73 Å². The van der Waals surface area contributed by atoms with Gasteiger partial charge in [0.2, 0.25) is 0 Å². The van der Waals surface area contributed by atoms with Crippen molar-refractivity contribution in [1.82, 2.24) is 0 Å². The Bertz CT molecular complexity index is 169. The third-order valence-corrected chi connectivity index (χ3v) is 4.73. The van der Waals surface area contributed by atoms with E-state index in [-0.39, 0.29) is 12.4 Å². The third-order valence-electron chi connectivity index (χ3n) is 4.73. The number of rotatable bonds is 2. The Morgan fingerprint density at radius 2 is 1.40 bits per heavy atom. The Balaban J connectivity index is 0.00000112. The quantitative estimate of drug-likeness (QED) is 0.767. The fourth-order valence-corrected chi connectivity index (χ4v) is 3.75.